The molecular formula is C49H33N3O. The number of aromatic nitrogens is 1. The molecule has 0 radical (unpaired) electrons. The van der Waals surface area contributed by atoms with Gasteiger partial charge < -0.3 is 14.3 Å². The first-order valence-corrected chi connectivity index (χ1v) is 18.2. The van der Waals surface area contributed by atoms with E-state index in [9.17, 15) is 0 Å². The van der Waals surface area contributed by atoms with E-state index in [2.05, 4.69) is 180 Å². The summed E-state index contributed by atoms with van der Waals surface area (Å²) < 4.78 is 9.33. The zero-order chi connectivity index (χ0) is 34.9. The van der Waals surface area contributed by atoms with Crippen molar-refractivity contribution in [1.29, 1.82) is 0 Å². The van der Waals surface area contributed by atoms with Gasteiger partial charge in [0.05, 0.1) is 28.5 Å². The minimum atomic E-state index is -0.116. The van der Waals surface area contributed by atoms with E-state index in [1.165, 1.54) is 33.0 Å². The van der Waals surface area contributed by atoms with Crippen LogP contribution in [0.1, 0.15) is 34.7 Å². The summed E-state index contributed by atoms with van der Waals surface area (Å²) in [6.45, 7) is 0. The van der Waals surface area contributed by atoms with Gasteiger partial charge in [-0.15, -0.1) is 0 Å². The van der Waals surface area contributed by atoms with Crippen LogP contribution >= 0.6 is 0 Å². The highest BCUT2D eigenvalue weighted by Crippen LogP contribution is 2.44. The van der Waals surface area contributed by atoms with Gasteiger partial charge >= 0.3 is 0 Å². The summed E-state index contributed by atoms with van der Waals surface area (Å²) in [6.07, 6.45) is 7.57. The van der Waals surface area contributed by atoms with E-state index in [0.29, 0.717) is 0 Å². The van der Waals surface area contributed by atoms with Crippen molar-refractivity contribution in [3.63, 3.8) is 0 Å². The van der Waals surface area contributed by atoms with Crippen molar-refractivity contribution < 1.29 is 4.42 Å². The van der Waals surface area contributed by atoms with E-state index in [4.69, 9.17) is 9.41 Å². The van der Waals surface area contributed by atoms with Crippen LogP contribution in [-0.2, 0) is 0 Å². The summed E-state index contributed by atoms with van der Waals surface area (Å²) >= 11 is 0. The Morgan fingerprint density at radius 3 is 2.08 bits per heavy atom. The number of rotatable bonds is 5. The molecule has 2 aromatic heterocycles. The molecule has 0 bridgehead atoms. The molecule has 11 rings (SSSR count). The van der Waals surface area contributed by atoms with Gasteiger partial charge in [-0.25, -0.2) is 4.99 Å². The Bertz CT molecular complexity index is 3000. The maximum atomic E-state index is 6.94. The Morgan fingerprint density at radius 2 is 1.28 bits per heavy atom. The molecule has 7 aromatic carbocycles. The monoisotopic (exact) mass is 679 g/mol. The molecule has 4 heteroatoms. The van der Waals surface area contributed by atoms with Gasteiger partial charge in [-0.3, -0.25) is 0 Å². The molecule has 250 valence electrons. The fourth-order valence-corrected chi connectivity index (χ4v) is 8.42. The highest BCUT2D eigenvalue weighted by atomic mass is 16.3. The minimum absolute atomic E-state index is 0.116. The molecule has 3 heterocycles. The Balaban J connectivity index is 1.13. The molecule has 0 spiro atoms. The van der Waals surface area contributed by atoms with Gasteiger partial charge in [-0.2, -0.15) is 0 Å². The average molecular weight is 680 g/mol. The van der Waals surface area contributed by atoms with E-state index in [-0.39, 0.29) is 6.04 Å². The van der Waals surface area contributed by atoms with Crippen LogP contribution in [-0.4, -0.2) is 10.4 Å². The zero-order valence-electron chi connectivity index (χ0n) is 28.8. The van der Waals surface area contributed by atoms with Gasteiger partial charge in [0.15, 0.2) is 5.58 Å². The summed E-state index contributed by atoms with van der Waals surface area (Å²) in [5.41, 5.74) is 14.4. The van der Waals surface area contributed by atoms with Crippen LogP contribution in [0.4, 0.5) is 5.69 Å². The van der Waals surface area contributed by atoms with Crippen LogP contribution in [0.15, 0.2) is 185 Å². The molecule has 1 aliphatic carbocycles. The summed E-state index contributed by atoms with van der Waals surface area (Å²) in [6, 6.07) is 56.1. The number of nitrogens with zero attached hydrogens (tertiary/aromatic N) is 2. The topological polar surface area (TPSA) is 42.5 Å². The molecule has 1 aliphatic heterocycles. The van der Waals surface area contributed by atoms with E-state index >= 15 is 0 Å². The lowest BCUT2D eigenvalue weighted by atomic mass is 9.91. The molecule has 0 amide bonds. The summed E-state index contributed by atoms with van der Waals surface area (Å²) in [5.74, 6) is 0.864. The highest BCUT2D eigenvalue weighted by molar-refractivity contribution is 6.15. The molecular weight excluding hydrogens is 647 g/mol. The number of para-hydroxylation sites is 2. The number of hydrogen-bond donors (Lipinski definition) is 1. The Kier molecular flexibility index (Phi) is 6.65. The molecule has 53 heavy (non-hydrogen) atoms. The lowest BCUT2D eigenvalue weighted by Gasteiger charge is -2.28. The second-order valence-electron chi connectivity index (χ2n) is 13.9. The maximum Gasteiger partial charge on any atom is 0.159 e. The first kappa shape index (κ1) is 29.8. The van der Waals surface area contributed by atoms with Crippen LogP contribution in [0.2, 0.25) is 0 Å². The fourth-order valence-electron chi connectivity index (χ4n) is 8.42. The number of furan rings is 1. The second kappa shape index (κ2) is 11.8. The van der Waals surface area contributed by atoms with Crippen molar-refractivity contribution in [2.45, 2.75) is 12.5 Å². The van der Waals surface area contributed by atoms with Crippen molar-refractivity contribution in [3.05, 3.63) is 198 Å². The normalized spacial score (nSPS) is 15.2. The molecule has 1 unspecified atom stereocenters. The van der Waals surface area contributed by atoms with Crippen LogP contribution in [0, 0.1) is 0 Å². The maximum absolute atomic E-state index is 6.94. The second-order valence-corrected chi connectivity index (χ2v) is 13.9. The van der Waals surface area contributed by atoms with Crippen LogP contribution in [0.3, 0.4) is 0 Å². The molecule has 0 fully saturated rings. The fraction of sp³-hybridized carbons (Fsp3) is 0.0408. The quantitative estimate of drug-likeness (QED) is 0.197. The molecule has 9 aromatic rings. The van der Waals surface area contributed by atoms with E-state index in [1.54, 1.807) is 0 Å². The smallest absolute Gasteiger partial charge is 0.159 e. The van der Waals surface area contributed by atoms with Gasteiger partial charge in [0.1, 0.15) is 11.4 Å². The van der Waals surface area contributed by atoms with Crippen molar-refractivity contribution in [2.75, 3.05) is 0 Å². The van der Waals surface area contributed by atoms with Crippen LogP contribution in [0.5, 0.6) is 0 Å². The highest BCUT2D eigenvalue weighted by Gasteiger charge is 2.28. The standard InChI is InChI=1S/C49H33N3O/c1-3-13-31(14-4-1)34-25-27-42-39(29-34)40-30-35(32-15-7-8-16-32)26-28-43(40)52(42)44-23-11-21-38-46-37(20-12-24-45(46)53-48(38)44)47-36-19-9-10-22-41(36)50-49(51-47)33-17-5-2-6-18-33/h1-15,17-30,47H,16H2,(H,50,51). The zero-order valence-corrected chi connectivity index (χ0v) is 28.8. The molecule has 1 atom stereocenters. The number of hydrogen-bond acceptors (Lipinski definition) is 3. The predicted molar refractivity (Wildman–Crippen MR) is 219 cm³/mol. The first-order chi connectivity index (χ1) is 26.3. The third kappa shape index (κ3) is 4.73. The Hall–Kier alpha value is -6.91. The number of aliphatic imine (C=N–C) groups is 1. The third-order valence-electron chi connectivity index (χ3n) is 10.9. The molecule has 2 aliphatic rings. The SMILES string of the molecule is C1=CCC(c2ccc3c(c2)c2cc(-c4ccccc4)ccc2n3-c2cccc3c2oc2cccc(C4NC(c5ccccc5)=Nc5ccccc54)c23)=C1. The van der Waals surface area contributed by atoms with Gasteiger partial charge in [0.2, 0.25) is 0 Å². The number of benzene rings is 7. The van der Waals surface area contributed by atoms with Crippen molar-refractivity contribution in [1.82, 2.24) is 9.88 Å². The molecule has 0 saturated carbocycles. The Morgan fingerprint density at radius 1 is 0.585 bits per heavy atom. The lowest BCUT2D eigenvalue weighted by Crippen LogP contribution is -2.32. The van der Waals surface area contributed by atoms with Crippen molar-refractivity contribution in [2.24, 2.45) is 4.99 Å². The first-order valence-electron chi connectivity index (χ1n) is 18.2. The minimum Gasteiger partial charge on any atom is -0.454 e. The van der Waals surface area contributed by atoms with Crippen molar-refractivity contribution in [3.8, 4) is 16.8 Å². The Labute approximate surface area is 306 Å². The summed E-state index contributed by atoms with van der Waals surface area (Å²) in [7, 11) is 0. The molecule has 1 N–H and O–H groups in total. The van der Waals surface area contributed by atoms with Crippen LogP contribution in [0.25, 0.3) is 66.1 Å². The largest absolute Gasteiger partial charge is 0.454 e. The van der Waals surface area contributed by atoms with Gasteiger partial charge in [-0.05, 0) is 76.7 Å². The predicted octanol–water partition coefficient (Wildman–Crippen LogP) is 12.5. The summed E-state index contributed by atoms with van der Waals surface area (Å²) in [5, 5.41) is 8.47. The average Bonchev–Trinajstić information content (AvgIpc) is 3.98. The van der Waals surface area contributed by atoms with Gasteiger partial charge in [-0.1, -0.05) is 133 Å². The van der Waals surface area contributed by atoms with Gasteiger partial charge in [0.25, 0.3) is 0 Å². The third-order valence-corrected chi connectivity index (χ3v) is 10.9. The van der Waals surface area contributed by atoms with Gasteiger partial charge in [0, 0.05) is 32.7 Å². The van der Waals surface area contributed by atoms with E-state index in [0.717, 1.165) is 73.3 Å². The van der Waals surface area contributed by atoms with Crippen molar-refractivity contribution >= 4 is 60.8 Å². The van der Waals surface area contributed by atoms with E-state index in [1.807, 2.05) is 6.07 Å². The molecule has 4 nitrogen and oxygen atoms in total. The summed E-state index contributed by atoms with van der Waals surface area (Å²) in [4.78, 5) is 5.06. The lowest BCUT2D eigenvalue weighted by molar-refractivity contribution is 0.665. The number of amidine groups is 1. The number of fused-ring (bicyclic) bond motifs is 7. The number of nitrogens with one attached hydrogen (secondary N) is 1. The van der Waals surface area contributed by atoms with E-state index < -0.39 is 0 Å². The molecule has 0 saturated heterocycles. The number of allylic oxidation sites excluding steroid dienone is 4. The van der Waals surface area contributed by atoms with Crippen LogP contribution < -0.4 is 5.32 Å².